The van der Waals surface area contributed by atoms with Crippen molar-refractivity contribution in [2.24, 2.45) is 0 Å². The zero-order valence-corrected chi connectivity index (χ0v) is 14.9. The smallest absolute Gasteiger partial charge is 0.261 e. The van der Waals surface area contributed by atoms with Gasteiger partial charge in [0.25, 0.3) is 15.9 Å². The summed E-state index contributed by atoms with van der Waals surface area (Å²) in [5.74, 6) is 0.402. The molecule has 25 heavy (non-hydrogen) atoms. The molecule has 0 bridgehead atoms. The average molecular weight is 360 g/mol. The van der Waals surface area contributed by atoms with E-state index < -0.39 is 10.0 Å². The van der Waals surface area contributed by atoms with E-state index in [-0.39, 0.29) is 16.8 Å². The van der Waals surface area contributed by atoms with Crippen molar-refractivity contribution in [3.63, 3.8) is 0 Å². The molecule has 132 valence electrons. The predicted molar refractivity (Wildman–Crippen MR) is 95.5 cm³/mol. The number of carbonyl (C=O) groups is 1. The SMILES string of the molecule is COc1ccc(NS(=O)(=O)c2ccc(C)c(C(=O)NC3CC3)c2)cc1. The summed E-state index contributed by atoms with van der Waals surface area (Å²) >= 11 is 0. The van der Waals surface area contributed by atoms with Crippen LogP contribution in [-0.2, 0) is 10.0 Å². The molecule has 2 aromatic rings. The average Bonchev–Trinajstić information content (AvgIpc) is 3.39. The minimum Gasteiger partial charge on any atom is -0.497 e. The molecule has 0 radical (unpaired) electrons. The second-order valence-corrected chi connectivity index (χ2v) is 7.74. The minimum absolute atomic E-state index is 0.0508. The Hall–Kier alpha value is -2.54. The van der Waals surface area contributed by atoms with Crippen molar-refractivity contribution in [2.45, 2.75) is 30.7 Å². The van der Waals surface area contributed by atoms with Crippen molar-refractivity contribution in [1.29, 1.82) is 0 Å². The van der Waals surface area contributed by atoms with E-state index in [2.05, 4.69) is 10.0 Å². The highest BCUT2D eigenvalue weighted by Gasteiger charge is 2.25. The van der Waals surface area contributed by atoms with Gasteiger partial charge in [0.1, 0.15) is 5.75 Å². The van der Waals surface area contributed by atoms with Crippen LogP contribution in [-0.4, -0.2) is 27.5 Å². The highest BCUT2D eigenvalue weighted by atomic mass is 32.2. The maximum absolute atomic E-state index is 12.6. The van der Waals surface area contributed by atoms with Gasteiger partial charge >= 0.3 is 0 Å². The van der Waals surface area contributed by atoms with Gasteiger partial charge in [-0.25, -0.2) is 8.42 Å². The molecular weight excluding hydrogens is 340 g/mol. The molecule has 3 rings (SSSR count). The summed E-state index contributed by atoms with van der Waals surface area (Å²) in [4.78, 5) is 12.3. The highest BCUT2D eigenvalue weighted by molar-refractivity contribution is 7.92. The maximum atomic E-state index is 12.6. The van der Waals surface area contributed by atoms with E-state index in [0.29, 0.717) is 17.0 Å². The first-order valence-electron chi connectivity index (χ1n) is 7.97. The maximum Gasteiger partial charge on any atom is 0.261 e. The quantitative estimate of drug-likeness (QED) is 0.829. The second kappa shape index (κ2) is 6.76. The number of aryl methyl sites for hydroxylation is 1. The van der Waals surface area contributed by atoms with Gasteiger partial charge in [-0.2, -0.15) is 0 Å². The fraction of sp³-hybridized carbons (Fsp3) is 0.278. The lowest BCUT2D eigenvalue weighted by Crippen LogP contribution is -2.26. The summed E-state index contributed by atoms with van der Waals surface area (Å²) in [6.07, 6.45) is 1.95. The first kappa shape index (κ1) is 17.3. The molecule has 1 saturated carbocycles. The van der Waals surface area contributed by atoms with Crippen molar-refractivity contribution < 1.29 is 17.9 Å². The molecule has 0 heterocycles. The van der Waals surface area contributed by atoms with E-state index in [1.807, 2.05) is 0 Å². The fourth-order valence-electron chi connectivity index (χ4n) is 2.38. The molecular formula is C18H20N2O4S. The van der Waals surface area contributed by atoms with Crippen LogP contribution >= 0.6 is 0 Å². The summed E-state index contributed by atoms with van der Waals surface area (Å²) in [5.41, 5.74) is 1.54. The van der Waals surface area contributed by atoms with Crippen molar-refractivity contribution in [2.75, 3.05) is 11.8 Å². The Kier molecular flexibility index (Phi) is 4.67. The lowest BCUT2D eigenvalue weighted by Gasteiger charge is -2.12. The number of hydrogen-bond acceptors (Lipinski definition) is 4. The van der Waals surface area contributed by atoms with Crippen LogP contribution in [0.15, 0.2) is 47.4 Å². The topological polar surface area (TPSA) is 84.5 Å². The van der Waals surface area contributed by atoms with Crippen LogP contribution in [0, 0.1) is 6.92 Å². The number of hydrogen-bond donors (Lipinski definition) is 2. The van der Waals surface area contributed by atoms with Crippen molar-refractivity contribution in [1.82, 2.24) is 5.32 Å². The van der Waals surface area contributed by atoms with Crippen LogP contribution < -0.4 is 14.8 Å². The molecule has 0 spiro atoms. The number of ether oxygens (including phenoxy) is 1. The molecule has 1 aliphatic rings. The van der Waals surface area contributed by atoms with Crippen molar-refractivity contribution in [3.05, 3.63) is 53.6 Å². The summed E-state index contributed by atoms with van der Waals surface area (Å²) < 4.78 is 32.8. The number of anilines is 1. The zero-order valence-electron chi connectivity index (χ0n) is 14.1. The van der Waals surface area contributed by atoms with Gasteiger partial charge in [-0.1, -0.05) is 6.07 Å². The third kappa shape index (κ3) is 4.11. The van der Waals surface area contributed by atoms with Crippen LogP contribution in [0.4, 0.5) is 5.69 Å². The first-order valence-corrected chi connectivity index (χ1v) is 9.46. The number of rotatable bonds is 6. The largest absolute Gasteiger partial charge is 0.497 e. The summed E-state index contributed by atoms with van der Waals surface area (Å²) in [6.45, 7) is 1.79. The Bertz CT molecular complexity index is 888. The molecule has 2 N–H and O–H groups in total. The lowest BCUT2D eigenvalue weighted by atomic mass is 10.1. The van der Waals surface area contributed by atoms with E-state index in [1.54, 1.807) is 44.4 Å². The zero-order chi connectivity index (χ0) is 18.0. The lowest BCUT2D eigenvalue weighted by molar-refractivity contribution is 0.0950. The summed E-state index contributed by atoms with van der Waals surface area (Å²) in [6, 6.07) is 11.3. The van der Waals surface area contributed by atoms with Gasteiger partial charge in [0.05, 0.1) is 12.0 Å². The Balaban J connectivity index is 1.84. The normalized spacial score (nSPS) is 14.0. The third-order valence-electron chi connectivity index (χ3n) is 4.02. The summed E-state index contributed by atoms with van der Waals surface area (Å²) in [7, 11) is -2.25. The fourth-order valence-corrected chi connectivity index (χ4v) is 3.46. The molecule has 0 saturated heterocycles. The number of nitrogens with one attached hydrogen (secondary N) is 2. The monoisotopic (exact) mass is 360 g/mol. The molecule has 1 fully saturated rings. The summed E-state index contributed by atoms with van der Waals surface area (Å²) in [5, 5.41) is 2.88. The molecule has 7 heteroatoms. The van der Waals surface area contributed by atoms with Gasteiger partial charge in [0.15, 0.2) is 0 Å². The predicted octanol–water partition coefficient (Wildman–Crippen LogP) is 2.70. The number of benzene rings is 2. The standard InChI is InChI=1S/C18H20N2O4S/c1-12-3-10-16(11-17(12)18(21)19-13-4-5-13)25(22,23)20-14-6-8-15(24-2)9-7-14/h3,6-11,13,20H,4-5H2,1-2H3,(H,19,21). The van der Waals surface area contributed by atoms with Crippen LogP contribution in [0.2, 0.25) is 0 Å². The van der Waals surface area contributed by atoms with E-state index >= 15 is 0 Å². The van der Waals surface area contributed by atoms with Gasteiger partial charge in [-0.3, -0.25) is 9.52 Å². The molecule has 1 amide bonds. The third-order valence-corrected chi connectivity index (χ3v) is 5.40. The van der Waals surface area contributed by atoms with E-state index in [9.17, 15) is 13.2 Å². The highest BCUT2D eigenvalue weighted by Crippen LogP contribution is 2.23. The first-order chi connectivity index (χ1) is 11.9. The second-order valence-electron chi connectivity index (χ2n) is 6.06. The van der Waals surface area contributed by atoms with Gasteiger partial charge in [-0.15, -0.1) is 0 Å². The Labute approximate surface area is 147 Å². The van der Waals surface area contributed by atoms with Crippen molar-refractivity contribution >= 4 is 21.6 Å². The Morgan fingerprint density at radius 2 is 1.80 bits per heavy atom. The Morgan fingerprint density at radius 1 is 1.12 bits per heavy atom. The number of amides is 1. The van der Waals surface area contributed by atoms with Crippen LogP contribution in [0.3, 0.4) is 0 Å². The molecule has 6 nitrogen and oxygen atoms in total. The number of methoxy groups -OCH3 is 1. The van der Waals surface area contributed by atoms with E-state index in [1.165, 1.54) is 12.1 Å². The van der Waals surface area contributed by atoms with Gasteiger partial charge in [-0.05, 0) is 61.7 Å². The Morgan fingerprint density at radius 3 is 2.40 bits per heavy atom. The van der Waals surface area contributed by atoms with Crippen LogP contribution in [0.25, 0.3) is 0 Å². The molecule has 0 unspecified atom stereocenters. The van der Waals surface area contributed by atoms with Gasteiger partial charge < -0.3 is 10.1 Å². The molecule has 0 aliphatic heterocycles. The number of carbonyl (C=O) groups excluding carboxylic acids is 1. The van der Waals surface area contributed by atoms with Crippen molar-refractivity contribution in [3.8, 4) is 5.75 Å². The molecule has 0 atom stereocenters. The molecule has 1 aliphatic carbocycles. The minimum atomic E-state index is -3.79. The molecule has 2 aromatic carbocycles. The van der Waals surface area contributed by atoms with Crippen LogP contribution in [0.5, 0.6) is 5.75 Å². The van der Waals surface area contributed by atoms with Gasteiger partial charge in [0, 0.05) is 17.3 Å². The number of sulfonamides is 1. The van der Waals surface area contributed by atoms with E-state index in [0.717, 1.165) is 18.4 Å². The van der Waals surface area contributed by atoms with Crippen LogP contribution in [0.1, 0.15) is 28.8 Å². The molecule has 0 aromatic heterocycles. The van der Waals surface area contributed by atoms with Gasteiger partial charge in [0.2, 0.25) is 0 Å². The van der Waals surface area contributed by atoms with E-state index in [4.69, 9.17) is 4.74 Å².